The molecule has 1 atom stereocenters. The molecule has 9 heteroatoms. The lowest BCUT2D eigenvalue weighted by atomic mass is 9.97. The number of aromatic nitrogens is 3. The molecule has 1 aromatic carbocycles. The molecule has 0 saturated carbocycles. The number of para-hydroxylation sites is 1. The Hall–Kier alpha value is -2.68. The summed E-state index contributed by atoms with van der Waals surface area (Å²) in [6, 6.07) is 6.22. The van der Waals surface area contributed by atoms with Crippen LogP contribution in [-0.4, -0.2) is 39.6 Å². The van der Waals surface area contributed by atoms with Crippen molar-refractivity contribution in [3.8, 4) is 11.1 Å². The summed E-state index contributed by atoms with van der Waals surface area (Å²) in [5.41, 5.74) is 13.4. The molecule has 0 radical (unpaired) electrons. The summed E-state index contributed by atoms with van der Waals surface area (Å²) in [7, 11) is 1.95. The Labute approximate surface area is 228 Å². The minimum absolute atomic E-state index is 0.143. The summed E-state index contributed by atoms with van der Waals surface area (Å²) in [5.74, 6) is 1.75. The molecule has 2 aromatic heterocycles. The van der Waals surface area contributed by atoms with Gasteiger partial charge in [0.2, 0.25) is 0 Å². The molecule has 0 aliphatic heterocycles. The van der Waals surface area contributed by atoms with E-state index < -0.39 is 0 Å². The number of hydrogen-bond donors (Lipinski definition) is 3. The van der Waals surface area contributed by atoms with Crippen LogP contribution in [0.25, 0.3) is 22.0 Å². The lowest BCUT2D eigenvalue weighted by Crippen LogP contribution is -2.20. The van der Waals surface area contributed by atoms with Crippen LogP contribution < -0.4 is 10.5 Å². The number of nitrogens with two attached hydrogens (primary N) is 1. The van der Waals surface area contributed by atoms with Gasteiger partial charge in [-0.3, -0.25) is 14.2 Å². The average Bonchev–Trinajstić information content (AvgIpc) is 3.36. The maximum absolute atomic E-state index is 13.2. The van der Waals surface area contributed by atoms with Crippen molar-refractivity contribution in [1.29, 1.82) is 0 Å². The molecule has 0 bridgehead atoms. The Morgan fingerprint density at radius 1 is 1.35 bits per heavy atom. The molecule has 2 heterocycles. The van der Waals surface area contributed by atoms with E-state index in [4.69, 9.17) is 22.1 Å². The second-order valence-corrected chi connectivity index (χ2v) is 11.0. The van der Waals surface area contributed by atoms with Crippen molar-refractivity contribution in [2.45, 2.75) is 47.0 Å². The van der Waals surface area contributed by atoms with Gasteiger partial charge in [-0.1, -0.05) is 36.7 Å². The first-order valence-electron chi connectivity index (χ1n) is 12.7. The quantitative estimate of drug-likeness (QED) is 0.219. The lowest BCUT2D eigenvalue weighted by molar-refractivity contribution is 0.0979. The number of fused-ring (bicyclic) bond motifs is 1. The number of amides is 1. The van der Waals surface area contributed by atoms with Crippen LogP contribution in [0.1, 0.15) is 54.1 Å². The summed E-state index contributed by atoms with van der Waals surface area (Å²) in [5, 5.41) is 6.56. The number of carbonyl (C=O) groups is 1. The van der Waals surface area contributed by atoms with Crippen LogP contribution in [0.4, 0.5) is 0 Å². The molecule has 37 heavy (non-hydrogen) atoms. The fourth-order valence-electron chi connectivity index (χ4n) is 5.03. The van der Waals surface area contributed by atoms with Gasteiger partial charge in [-0.2, -0.15) is 5.10 Å². The number of hydrogen-bond acceptors (Lipinski definition) is 5. The van der Waals surface area contributed by atoms with Crippen molar-refractivity contribution < 1.29 is 9.53 Å². The zero-order valence-electron chi connectivity index (χ0n) is 22.2. The van der Waals surface area contributed by atoms with Crippen molar-refractivity contribution in [2.24, 2.45) is 18.7 Å². The molecule has 3 aromatic rings. The molecule has 1 amide bonds. The highest BCUT2D eigenvalue weighted by Gasteiger charge is 2.22. The maximum atomic E-state index is 13.2. The molecule has 7 nitrogen and oxygen atoms in total. The predicted molar refractivity (Wildman–Crippen MR) is 154 cm³/mol. The Morgan fingerprint density at radius 3 is 2.81 bits per heavy atom. The van der Waals surface area contributed by atoms with Crippen molar-refractivity contribution >= 4 is 40.4 Å². The van der Waals surface area contributed by atoms with E-state index in [0.29, 0.717) is 31.0 Å². The van der Waals surface area contributed by atoms with Crippen LogP contribution in [0.2, 0.25) is 0 Å². The Balaban J connectivity index is 1.63. The fraction of sp³-hybridized carbons (Fsp3) is 0.429. The van der Waals surface area contributed by atoms with E-state index in [2.05, 4.69) is 46.9 Å². The summed E-state index contributed by atoms with van der Waals surface area (Å²) < 4.78 is 10.9. The number of nitrogens with one attached hydrogen (secondary N) is 2. The highest BCUT2D eigenvalue weighted by molar-refractivity contribution is 7.97. The Bertz CT molecular complexity index is 1370. The topological polar surface area (TPSA) is 98.0 Å². The van der Waals surface area contributed by atoms with Gasteiger partial charge in [0, 0.05) is 53.0 Å². The van der Waals surface area contributed by atoms with E-state index in [9.17, 15) is 4.79 Å². The number of aromatic amines is 1. The minimum Gasteiger partial charge on any atom is -0.498 e. The highest BCUT2D eigenvalue weighted by atomic mass is 35.5. The number of nitrogens with zero attached hydrogens (tertiary/aromatic N) is 2. The highest BCUT2D eigenvalue weighted by Crippen LogP contribution is 2.36. The zero-order chi connectivity index (χ0) is 26.7. The van der Waals surface area contributed by atoms with Crippen LogP contribution in [0.15, 0.2) is 40.6 Å². The van der Waals surface area contributed by atoms with Gasteiger partial charge in [0.1, 0.15) is 5.69 Å². The maximum Gasteiger partial charge on any atom is 0.277 e. The van der Waals surface area contributed by atoms with E-state index in [0.717, 1.165) is 68.2 Å². The van der Waals surface area contributed by atoms with Gasteiger partial charge in [-0.15, -0.1) is 0 Å². The van der Waals surface area contributed by atoms with E-state index in [1.807, 2.05) is 31.7 Å². The third-order valence-electron chi connectivity index (χ3n) is 6.88. The largest absolute Gasteiger partial charge is 0.498 e. The van der Waals surface area contributed by atoms with Gasteiger partial charge in [0.25, 0.3) is 5.91 Å². The molecule has 0 spiro atoms. The van der Waals surface area contributed by atoms with Crippen LogP contribution in [0.3, 0.4) is 0 Å². The van der Waals surface area contributed by atoms with Gasteiger partial charge >= 0.3 is 0 Å². The third kappa shape index (κ3) is 5.76. The number of rotatable bonds is 10. The van der Waals surface area contributed by atoms with Gasteiger partial charge < -0.3 is 15.5 Å². The number of halogens is 1. The molecule has 1 aliphatic rings. The second kappa shape index (κ2) is 11.8. The monoisotopic (exact) mass is 541 g/mol. The number of allylic oxidation sites excluding steroid dienone is 4. The van der Waals surface area contributed by atoms with E-state index >= 15 is 0 Å². The standard InChI is InChI=1S/C28H36ClN5O2S/c1-16-14-20(15-17(2)25(16)29)36-12-7-10-22-21-8-6-9-23(24-18(3)32-34(5)19(24)4)26(21)31-27(22)28(35)33-37-13-11-30/h6,8-9,14,17,31H,7,10-13,15,30H2,1-5H3,(H,33,35). The van der Waals surface area contributed by atoms with Crippen molar-refractivity contribution in [2.75, 3.05) is 18.9 Å². The normalized spacial score (nSPS) is 15.9. The molecule has 4 rings (SSSR count). The predicted octanol–water partition coefficient (Wildman–Crippen LogP) is 5.91. The first kappa shape index (κ1) is 27.4. The van der Waals surface area contributed by atoms with Crippen molar-refractivity contribution in [3.05, 3.63) is 63.3 Å². The van der Waals surface area contributed by atoms with E-state index in [-0.39, 0.29) is 11.8 Å². The third-order valence-corrected chi connectivity index (χ3v) is 8.32. The van der Waals surface area contributed by atoms with Gasteiger partial charge in [0.15, 0.2) is 0 Å². The first-order valence-corrected chi connectivity index (χ1v) is 14.0. The zero-order valence-corrected chi connectivity index (χ0v) is 23.8. The second-order valence-electron chi connectivity index (χ2n) is 9.64. The smallest absolute Gasteiger partial charge is 0.277 e. The molecule has 0 fully saturated rings. The number of benzene rings is 1. The van der Waals surface area contributed by atoms with Gasteiger partial charge in [-0.05, 0) is 68.7 Å². The first-order chi connectivity index (χ1) is 17.7. The molecule has 198 valence electrons. The number of H-pyrrole nitrogens is 1. The molecule has 1 unspecified atom stereocenters. The molecule has 1 aliphatic carbocycles. The molecule has 4 N–H and O–H groups in total. The van der Waals surface area contributed by atoms with Gasteiger partial charge in [0.05, 0.1) is 23.6 Å². The van der Waals surface area contributed by atoms with Crippen LogP contribution in [0, 0.1) is 19.8 Å². The summed E-state index contributed by atoms with van der Waals surface area (Å²) in [6.07, 6.45) is 4.33. The van der Waals surface area contributed by atoms with Crippen molar-refractivity contribution in [1.82, 2.24) is 19.5 Å². The molecular weight excluding hydrogens is 506 g/mol. The van der Waals surface area contributed by atoms with Crippen LogP contribution in [0.5, 0.6) is 0 Å². The fourth-order valence-corrected chi connectivity index (χ4v) is 5.61. The summed E-state index contributed by atoms with van der Waals surface area (Å²) >= 11 is 7.69. The summed E-state index contributed by atoms with van der Waals surface area (Å²) in [4.78, 5) is 16.7. The average molecular weight is 542 g/mol. The number of carbonyl (C=O) groups excluding carboxylic acids is 1. The van der Waals surface area contributed by atoms with Crippen LogP contribution >= 0.6 is 23.5 Å². The summed E-state index contributed by atoms with van der Waals surface area (Å²) in [6.45, 7) is 9.29. The number of aryl methyl sites for hydroxylation is 3. The van der Waals surface area contributed by atoms with E-state index in [1.165, 1.54) is 11.9 Å². The molecular formula is C28H36ClN5O2S. The SMILES string of the molecule is CC1=C(Cl)C(C)CC(OCCCc2c(C(=O)NSCCN)[nH]c3c(-c4c(C)nn(C)c4C)cccc23)=C1. The lowest BCUT2D eigenvalue weighted by Gasteiger charge is -2.21. The Kier molecular flexibility index (Phi) is 8.72. The Morgan fingerprint density at radius 2 is 2.14 bits per heavy atom. The van der Waals surface area contributed by atoms with Crippen molar-refractivity contribution in [3.63, 3.8) is 0 Å². The minimum atomic E-state index is -0.143. The number of ether oxygens (including phenoxy) is 1. The van der Waals surface area contributed by atoms with Gasteiger partial charge in [-0.25, -0.2) is 0 Å². The van der Waals surface area contributed by atoms with Crippen LogP contribution in [-0.2, 0) is 18.2 Å². The molecule has 0 saturated heterocycles. The van der Waals surface area contributed by atoms with E-state index in [1.54, 1.807) is 0 Å².